The Kier molecular flexibility index (Phi) is 0.578. The van der Waals surface area contributed by atoms with Crippen LogP contribution in [0.2, 0.25) is 0 Å². The SMILES string of the molecule is C1C2CC3C1C14CC2CC3(C1)C4. The van der Waals surface area contributed by atoms with E-state index in [0.29, 0.717) is 0 Å². The first-order valence-electron chi connectivity index (χ1n) is 5.81. The third-order valence-electron chi connectivity index (χ3n) is 6.58. The van der Waals surface area contributed by atoms with E-state index in [1.165, 1.54) is 23.7 Å². The first kappa shape index (κ1) is 5.67. The molecule has 0 aliphatic heterocycles. The minimum Gasteiger partial charge on any atom is -0.0465 e. The lowest BCUT2D eigenvalue weighted by atomic mass is 9.42. The summed E-state index contributed by atoms with van der Waals surface area (Å²) in [6.07, 6.45) is 10.0. The van der Waals surface area contributed by atoms with Crippen molar-refractivity contribution in [3.05, 3.63) is 0 Å². The van der Waals surface area contributed by atoms with Crippen molar-refractivity contribution in [2.75, 3.05) is 0 Å². The molecule has 0 heteroatoms. The second-order valence-corrected chi connectivity index (χ2v) is 6.69. The van der Waals surface area contributed by atoms with Crippen LogP contribution in [0.15, 0.2) is 0 Å². The highest BCUT2D eigenvalue weighted by molar-refractivity contribution is 5.28. The van der Waals surface area contributed by atoms with Crippen molar-refractivity contribution in [1.29, 1.82) is 0 Å². The maximum Gasteiger partial charge on any atom is -0.0253 e. The Morgan fingerprint density at radius 3 is 1.92 bits per heavy atom. The van der Waals surface area contributed by atoms with Crippen molar-refractivity contribution in [1.82, 2.24) is 0 Å². The van der Waals surface area contributed by atoms with Gasteiger partial charge in [-0.15, -0.1) is 0 Å². The van der Waals surface area contributed by atoms with Gasteiger partial charge in [-0.2, -0.15) is 0 Å². The molecule has 0 aromatic rings. The summed E-state index contributed by atoms with van der Waals surface area (Å²) in [7, 11) is 0. The zero-order chi connectivity index (χ0) is 7.55. The van der Waals surface area contributed by atoms with Crippen LogP contribution >= 0.6 is 0 Å². The van der Waals surface area contributed by atoms with Crippen LogP contribution in [0, 0.1) is 34.5 Å². The quantitative estimate of drug-likeness (QED) is 0.511. The van der Waals surface area contributed by atoms with Gasteiger partial charge in [0.2, 0.25) is 0 Å². The Morgan fingerprint density at radius 2 is 1.33 bits per heavy atom. The number of hydrogen-bond donors (Lipinski definition) is 0. The summed E-state index contributed by atoms with van der Waals surface area (Å²) < 4.78 is 0. The molecule has 8 aliphatic rings. The maximum atomic E-state index is 1.68. The fourth-order valence-corrected chi connectivity index (χ4v) is 6.73. The van der Waals surface area contributed by atoms with Crippen LogP contribution in [0.1, 0.15) is 38.5 Å². The molecule has 8 rings (SSSR count). The van der Waals surface area contributed by atoms with E-state index in [2.05, 4.69) is 0 Å². The van der Waals surface area contributed by atoms with E-state index in [9.17, 15) is 0 Å². The molecule has 0 heterocycles. The highest BCUT2D eigenvalue weighted by Gasteiger charge is 2.79. The second kappa shape index (κ2) is 1.22. The molecule has 0 amide bonds. The molecule has 0 nitrogen and oxygen atoms in total. The molecule has 0 aromatic carbocycles. The topological polar surface area (TPSA) is 0 Å². The van der Waals surface area contributed by atoms with Crippen molar-refractivity contribution in [3.8, 4) is 0 Å². The Bertz CT molecular complexity index is 258. The van der Waals surface area contributed by atoms with Crippen LogP contribution in [0.5, 0.6) is 0 Å². The third kappa shape index (κ3) is 0.324. The van der Waals surface area contributed by atoms with Gasteiger partial charge in [-0.05, 0) is 73.0 Å². The van der Waals surface area contributed by atoms with E-state index in [-0.39, 0.29) is 0 Å². The molecule has 8 aliphatic carbocycles. The average Bonchev–Trinajstić information content (AvgIpc) is 2.52. The molecule has 6 bridgehead atoms. The Labute approximate surface area is 73.7 Å². The normalized spacial score (nSPS) is 80.0. The van der Waals surface area contributed by atoms with Crippen LogP contribution in [-0.2, 0) is 0 Å². The van der Waals surface area contributed by atoms with E-state index in [1.807, 2.05) is 0 Å². The molecular weight excluding hydrogens is 144 g/mol. The van der Waals surface area contributed by atoms with Gasteiger partial charge in [0, 0.05) is 0 Å². The predicted octanol–water partition coefficient (Wildman–Crippen LogP) is 2.83. The average molecular weight is 160 g/mol. The van der Waals surface area contributed by atoms with Crippen LogP contribution in [0.25, 0.3) is 0 Å². The summed E-state index contributed by atoms with van der Waals surface area (Å²) in [5.74, 6) is 4.90. The van der Waals surface area contributed by atoms with Crippen LogP contribution in [-0.4, -0.2) is 0 Å². The molecule has 2 spiro atoms. The van der Waals surface area contributed by atoms with Gasteiger partial charge in [0.25, 0.3) is 0 Å². The van der Waals surface area contributed by atoms with Crippen molar-refractivity contribution >= 4 is 0 Å². The summed E-state index contributed by atoms with van der Waals surface area (Å²) in [5.41, 5.74) is 1.92. The standard InChI is InChI=1S/C12H16/c1-7-2-10-9(1)11-3-8(7)4-12(10,5-11)6-11/h7-10H,1-6H2. The van der Waals surface area contributed by atoms with Crippen molar-refractivity contribution < 1.29 is 0 Å². The Morgan fingerprint density at radius 1 is 0.750 bits per heavy atom. The van der Waals surface area contributed by atoms with Gasteiger partial charge in [-0.3, -0.25) is 0 Å². The lowest BCUT2D eigenvalue weighted by Gasteiger charge is -2.63. The van der Waals surface area contributed by atoms with Gasteiger partial charge in [-0.1, -0.05) is 0 Å². The third-order valence-corrected chi connectivity index (χ3v) is 6.58. The summed E-state index contributed by atoms with van der Waals surface area (Å²) in [6.45, 7) is 0. The fraction of sp³-hybridized carbons (Fsp3) is 1.00. The van der Waals surface area contributed by atoms with E-state index in [4.69, 9.17) is 0 Å². The van der Waals surface area contributed by atoms with Gasteiger partial charge in [0.1, 0.15) is 0 Å². The lowest BCUT2D eigenvalue weighted by Crippen LogP contribution is -2.53. The zero-order valence-electron chi connectivity index (χ0n) is 7.55. The zero-order valence-corrected chi connectivity index (χ0v) is 7.55. The van der Waals surface area contributed by atoms with Gasteiger partial charge in [-0.25, -0.2) is 0 Å². The van der Waals surface area contributed by atoms with E-state index >= 15 is 0 Å². The van der Waals surface area contributed by atoms with Gasteiger partial charge >= 0.3 is 0 Å². The summed E-state index contributed by atoms with van der Waals surface area (Å²) in [6, 6.07) is 0. The molecule has 12 heavy (non-hydrogen) atoms. The molecule has 2 unspecified atom stereocenters. The van der Waals surface area contributed by atoms with Crippen LogP contribution in [0.3, 0.4) is 0 Å². The summed E-state index contributed by atoms with van der Waals surface area (Å²) in [5, 5.41) is 0. The smallest absolute Gasteiger partial charge is 0.0253 e. The Hall–Kier alpha value is 0. The van der Waals surface area contributed by atoms with Gasteiger partial charge < -0.3 is 0 Å². The van der Waals surface area contributed by atoms with E-state index in [1.54, 1.807) is 38.5 Å². The minimum absolute atomic E-state index is 0.959. The van der Waals surface area contributed by atoms with Crippen LogP contribution in [0.4, 0.5) is 0 Å². The number of hydrogen-bond acceptors (Lipinski definition) is 0. The summed E-state index contributed by atoms with van der Waals surface area (Å²) >= 11 is 0. The molecule has 0 saturated heterocycles. The minimum atomic E-state index is 0.959. The predicted molar refractivity (Wildman–Crippen MR) is 46.5 cm³/mol. The maximum absolute atomic E-state index is 1.68. The first-order valence-corrected chi connectivity index (χ1v) is 5.81. The molecule has 0 aromatic heterocycles. The monoisotopic (exact) mass is 160 g/mol. The highest BCUT2D eigenvalue weighted by atomic mass is 14.8. The van der Waals surface area contributed by atoms with Crippen molar-refractivity contribution in [2.45, 2.75) is 38.5 Å². The number of rotatable bonds is 0. The molecule has 8 fully saturated rings. The highest BCUT2D eigenvalue weighted by Crippen LogP contribution is 2.87. The largest absolute Gasteiger partial charge is 0.0465 e. The van der Waals surface area contributed by atoms with E-state index in [0.717, 1.165) is 10.8 Å². The van der Waals surface area contributed by atoms with Gasteiger partial charge in [0.15, 0.2) is 0 Å². The van der Waals surface area contributed by atoms with Crippen LogP contribution < -0.4 is 0 Å². The molecule has 8 saturated carbocycles. The molecule has 2 atom stereocenters. The van der Waals surface area contributed by atoms with Crippen molar-refractivity contribution in [2.24, 2.45) is 34.5 Å². The molecule has 64 valence electrons. The fourth-order valence-electron chi connectivity index (χ4n) is 6.73. The van der Waals surface area contributed by atoms with Gasteiger partial charge in [0.05, 0.1) is 0 Å². The Balaban J connectivity index is 1.87. The first-order chi connectivity index (χ1) is 5.81. The second-order valence-electron chi connectivity index (χ2n) is 6.69. The van der Waals surface area contributed by atoms with E-state index < -0.39 is 0 Å². The molecular formula is C12H16. The molecule has 0 radical (unpaired) electrons. The lowest BCUT2D eigenvalue weighted by molar-refractivity contribution is -0.128. The summed E-state index contributed by atoms with van der Waals surface area (Å²) in [4.78, 5) is 0. The van der Waals surface area contributed by atoms with Crippen molar-refractivity contribution in [3.63, 3.8) is 0 Å². The molecule has 0 N–H and O–H groups in total.